The van der Waals surface area contributed by atoms with Crippen molar-refractivity contribution in [3.8, 4) is 11.8 Å². The van der Waals surface area contributed by atoms with Crippen LogP contribution in [0.2, 0.25) is 0 Å². The highest BCUT2D eigenvalue weighted by atomic mass is 16.2. The quantitative estimate of drug-likeness (QED) is 0.818. The van der Waals surface area contributed by atoms with E-state index in [2.05, 4.69) is 31.0 Å². The van der Waals surface area contributed by atoms with Crippen LogP contribution >= 0.6 is 0 Å². The number of carbonyl (C=O) groups excluding carboxylic acids is 1. The van der Waals surface area contributed by atoms with Crippen molar-refractivity contribution in [2.75, 3.05) is 6.61 Å². The van der Waals surface area contributed by atoms with Crippen LogP contribution < -0.4 is 5.32 Å². The maximum Gasteiger partial charge on any atom is 0.251 e. The molecular weight excluding hydrogens is 262 g/mol. The highest BCUT2D eigenvalue weighted by Crippen LogP contribution is 2.12. The molecule has 1 rings (SSSR count). The molecule has 1 unspecified atom stereocenters. The van der Waals surface area contributed by atoms with Crippen LogP contribution in [0.5, 0.6) is 0 Å². The molecule has 114 valence electrons. The molecule has 0 fully saturated rings. The van der Waals surface area contributed by atoms with Crippen LogP contribution in [0.3, 0.4) is 0 Å². The second-order valence-electron chi connectivity index (χ2n) is 5.81. The van der Waals surface area contributed by atoms with Crippen molar-refractivity contribution in [2.24, 2.45) is 5.92 Å². The van der Waals surface area contributed by atoms with E-state index in [1.165, 1.54) is 0 Å². The normalized spacial score (nSPS) is 11.7. The molecule has 0 spiro atoms. The Balaban J connectivity index is 2.84. The predicted octanol–water partition coefficient (Wildman–Crippen LogP) is 2.89. The molecule has 1 atom stereocenters. The van der Waals surface area contributed by atoms with Gasteiger partial charge in [-0.2, -0.15) is 0 Å². The zero-order valence-electron chi connectivity index (χ0n) is 13.4. The molecule has 0 aromatic heterocycles. The second kappa shape index (κ2) is 8.49. The zero-order valence-corrected chi connectivity index (χ0v) is 13.4. The molecule has 3 heteroatoms. The highest BCUT2D eigenvalue weighted by Gasteiger charge is 2.13. The second-order valence-corrected chi connectivity index (χ2v) is 5.81. The van der Waals surface area contributed by atoms with Gasteiger partial charge in [0.15, 0.2) is 0 Å². The van der Waals surface area contributed by atoms with Gasteiger partial charge in [0.2, 0.25) is 0 Å². The Morgan fingerprint density at radius 3 is 2.67 bits per heavy atom. The molecule has 2 N–H and O–H groups in total. The van der Waals surface area contributed by atoms with Gasteiger partial charge in [0, 0.05) is 23.6 Å². The number of hydrogen-bond acceptors (Lipinski definition) is 2. The third-order valence-electron chi connectivity index (χ3n) is 3.15. The first-order chi connectivity index (χ1) is 9.93. The minimum Gasteiger partial charge on any atom is -0.395 e. The van der Waals surface area contributed by atoms with E-state index in [4.69, 9.17) is 5.11 Å². The number of amides is 1. The number of nitrogens with one attached hydrogen (secondary N) is 1. The Bertz CT molecular complexity index is 538. The Morgan fingerprint density at radius 2 is 2.05 bits per heavy atom. The number of aliphatic hydroxyl groups excluding tert-OH is 1. The van der Waals surface area contributed by atoms with E-state index in [1.807, 2.05) is 32.0 Å². The van der Waals surface area contributed by atoms with Crippen LogP contribution in [0.15, 0.2) is 18.2 Å². The summed E-state index contributed by atoms with van der Waals surface area (Å²) in [6.45, 7) is 8.29. The highest BCUT2D eigenvalue weighted by molar-refractivity contribution is 5.96. The standard InChI is InChI=1S/C18H25NO2/c1-13(2)11-15(4)19-18(21)17-12-16(7-5-6-10-20)9-8-14(17)3/h8-9,12-13,15,20H,6,10-11H2,1-4H3,(H,19,21). The van der Waals surface area contributed by atoms with Gasteiger partial charge < -0.3 is 10.4 Å². The Labute approximate surface area is 127 Å². The van der Waals surface area contributed by atoms with Crippen molar-refractivity contribution in [1.29, 1.82) is 0 Å². The molecule has 0 bridgehead atoms. The van der Waals surface area contributed by atoms with E-state index in [0.29, 0.717) is 17.9 Å². The van der Waals surface area contributed by atoms with Crippen LogP contribution in [-0.4, -0.2) is 23.7 Å². The van der Waals surface area contributed by atoms with Gasteiger partial charge in [-0.3, -0.25) is 4.79 Å². The topological polar surface area (TPSA) is 49.3 Å². The van der Waals surface area contributed by atoms with Gasteiger partial charge in [0.05, 0.1) is 6.61 Å². The average Bonchev–Trinajstić information content (AvgIpc) is 2.39. The van der Waals surface area contributed by atoms with E-state index >= 15 is 0 Å². The molecule has 1 amide bonds. The monoisotopic (exact) mass is 287 g/mol. The lowest BCUT2D eigenvalue weighted by molar-refractivity contribution is 0.0935. The minimum atomic E-state index is -0.0496. The number of aryl methyl sites for hydroxylation is 1. The Kier molecular flexibility index (Phi) is 6.98. The number of aliphatic hydroxyl groups is 1. The summed E-state index contributed by atoms with van der Waals surface area (Å²) in [5.41, 5.74) is 2.41. The van der Waals surface area contributed by atoms with E-state index in [-0.39, 0.29) is 18.6 Å². The van der Waals surface area contributed by atoms with Crippen molar-refractivity contribution in [1.82, 2.24) is 5.32 Å². The number of carbonyl (C=O) groups is 1. The fraction of sp³-hybridized carbons (Fsp3) is 0.500. The van der Waals surface area contributed by atoms with Gasteiger partial charge in [0.1, 0.15) is 0 Å². The first-order valence-corrected chi connectivity index (χ1v) is 7.45. The molecule has 0 saturated carbocycles. The van der Waals surface area contributed by atoms with E-state index in [1.54, 1.807) is 0 Å². The maximum atomic E-state index is 12.3. The van der Waals surface area contributed by atoms with Crippen LogP contribution in [0.4, 0.5) is 0 Å². The molecule has 21 heavy (non-hydrogen) atoms. The van der Waals surface area contributed by atoms with Crippen molar-refractivity contribution in [3.05, 3.63) is 34.9 Å². The van der Waals surface area contributed by atoms with Crippen molar-refractivity contribution >= 4 is 5.91 Å². The molecule has 0 aliphatic carbocycles. The smallest absolute Gasteiger partial charge is 0.251 e. The first-order valence-electron chi connectivity index (χ1n) is 7.45. The summed E-state index contributed by atoms with van der Waals surface area (Å²) < 4.78 is 0. The molecule has 1 aromatic rings. The van der Waals surface area contributed by atoms with E-state index < -0.39 is 0 Å². The van der Waals surface area contributed by atoms with Gasteiger partial charge in [-0.25, -0.2) is 0 Å². The van der Waals surface area contributed by atoms with Gasteiger partial charge in [0.25, 0.3) is 5.91 Å². The minimum absolute atomic E-state index is 0.0496. The third kappa shape index (κ3) is 6.01. The maximum absolute atomic E-state index is 12.3. The summed E-state index contributed by atoms with van der Waals surface area (Å²) in [6, 6.07) is 5.77. The van der Waals surface area contributed by atoms with Crippen LogP contribution in [0, 0.1) is 24.7 Å². The summed E-state index contributed by atoms with van der Waals surface area (Å²) in [7, 11) is 0. The third-order valence-corrected chi connectivity index (χ3v) is 3.15. The first kappa shape index (κ1) is 17.3. The molecule has 0 aliphatic heterocycles. The Morgan fingerprint density at radius 1 is 1.33 bits per heavy atom. The lowest BCUT2D eigenvalue weighted by Gasteiger charge is -2.16. The van der Waals surface area contributed by atoms with Crippen molar-refractivity contribution < 1.29 is 9.90 Å². The Hall–Kier alpha value is -1.79. The molecule has 0 saturated heterocycles. The van der Waals surface area contributed by atoms with Crippen molar-refractivity contribution in [2.45, 2.75) is 46.6 Å². The van der Waals surface area contributed by atoms with Gasteiger partial charge in [-0.1, -0.05) is 31.8 Å². The largest absolute Gasteiger partial charge is 0.395 e. The number of rotatable bonds is 5. The summed E-state index contributed by atoms with van der Waals surface area (Å²) >= 11 is 0. The van der Waals surface area contributed by atoms with Crippen LogP contribution in [-0.2, 0) is 0 Å². The zero-order chi connectivity index (χ0) is 15.8. The summed E-state index contributed by atoms with van der Waals surface area (Å²) in [4.78, 5) is 12.3. The number of hydrogen-bond donors (Lipinski definition) is 2. The predicted molar refractivity (Wildman–Crippen MR) is 86.1 cm³/mol. The summed E-state index contributed by atoms with van der Waals surface area (Å²) in [6.07, 6.45) is 1.40. The fourth-order valence-electron chi connectivity index (χ4n) is 2.23. The molecule has 0 aliphatic rings. The van der Waals surface area contributed by atoms with E-state index in [9.17, 15) is 4.79 Å². The van der Waals surface area contributed by atoms with Gasteiger partial charge in [-0.15, -0.1) is 0 Å². The van der Waals surface area contributed by atoms with Gasteiger partial charge in [-0.05, 0) is 43.9 Å². The molecular formula is C18H25NO2. The van der Waals surface area contributed by atoms with Crippen LogP contribution in [0.25, 0.3) is 0 Å². The SMILES string of the molecule is Cc1ccc(C#CCCO)cc1C(=O)NC(C)CC(C)C. The summed E-state index contributed by atoms with van der Waals surface area (Å²) in [5, 5.41) is 11.8. The van der Waals surface area contributed by atoms with Crippen LogP contribution in [0.1, 0.15) is 55.1 Å². The summed E-state index contributed by atoms with van der Waals surface area (Å²) in [5.74, 6) is 6.34. The number of benzene rings is 1. The molecule has 0 radical (unpaired) electrons. The van der Waals surface area contributed by atoms with E-state index in [0.717, 1.165) is 17.5 Å². The fourth-order valence-corrected chi connectivity index (χ4v) is 2.23. The molecule has 0 heterocycles. The average molecular weight is 287 g/mol. The molecule has 3 nitrogen and oxygen atoms in total. The molecule has 1 aromatic carbocycles. The van der Waals surface area contributed by atoms with Gasteiger partial charge >= 0.3 is 0 Å². The van der Waals surface area contributed by atoms with Crippen molar-refractivity contribution in [3.63, 3.8) is 0 Å². The lowest BCUT2D eigenvalue weighted by Crippen LogP contribution is -2.33. The lowest BCUT2D eigenvalue weighted by atomic mass is 10.0.